The zero-order chi connectivity index (χ0) is 14.8. The lowest BCUT2D eigenvalue weighted by Gasteiger charge is -2.03. The van der Waals surface area contributed by atoms with Gasteiger partial charge in [0.1, 0.15) is 5.82 Å². The highest BCUT2D eigenvalue weighted by atomic mass is 32.1. The van der Waals surface area contributed by atoms with Crippen molar-refractivity contribution >= 4 is 28.7 Å². The van der Waals surface area contributed by atoms with Crippen LogP contribution in [-0.4, -0.2) is 20.5 Å². The first kappa shape index (κ1) is 13.8. The second kappa shape index (κ2) is 5.65. The number of amides is 1. The highest BCUT2D eigenvalue weighted by molar-refractivity contribution is 7.14. The minimum absolute atomic E-state index is 0.119. The van der Waals surface area contributed by atoms with Gasteiger partial charge in [-0.15, -0.1) is 11.3 Å². The third-order valence-corrected chi connectivity index (χ3v) is 4.10. The second-order valence-electron chi connectivity index (χ2n) is 5.26. The van der Waals surface area contributed by atoms with Crippen LogP contribution in [0.1, 0.15) is 28.4 Å². The van der Waals surface area contributed by atoms with Crippen LogP contribution in [0.15, 0.2) is 36.7 Å². The van der Waals surface area contributed by atoms with E-state index in [2.05, 4.69) is 29.2 Å². The van der Waals surface area contributed by atoms with Gasteiger partial charge < -0.3 is 5.32 Å². The van der Waals surface area contributed by atoms with Crippen LogP contribution in [0.3, 0.4) is 0 Å². The van der Waals surface area contributed by atoms with Gasteiger partial charge in [-0.2, -0.15) is 5.10 Å². The van der Waals surface area contributed by atoms with Crippen LogP contribution in [0, 0.1) is 5.92 Å². The van der Waals surface area contributed by atoms with E-state index in [4.69, 9.17) is 0 Å². The number of carbonyl (C=O) groups is 1. The van der Waals surface area contributed by atoms with E-state index < -0.39 is 0 Å². The molecule has 0 radical (unpaired) electrons. The average Bonchev–Trinajstić information content (AvgIpc) is 3.06. The van der Waals surface area contributed by atoms with Crippen molar-refractivity contribution in [3.63, 3.8) is 0 Å². The predicted octanol–water partition coefficient (Wildman–Crippen LogP) is 3.24. The summed E-state index contributed by atoms with van der Waals surface area (Å²) in [6.07, 6.45) is 4.44. The molecule has 0 aliphatic rings. The van der Waals surface area contributed by atoms with E-state index >= 15 is 0 Å². The van der Waals surface area contributed by atoms with Crippen LogP contribution < -0.4 is 5.32 Å². The smallest absolute Gasteiger partial charge is 0.266 e. The molecule has 0 bridgehead atoms. The molecule has 1 N–H and O–H groups in total. The fourth-order valence-electron chi connectivity index (χ4n) is 2.07. The molecule has 3 heterocycles. The molecule has 3 aromatic rings. The molecule has 3 rings (SSSR count). The first-order valence-corrected chi connectivity index (χ1v) is 7.64. The van der Waals surface area contributed by atoms with Gasteiger partial charge in [0.2, 0.25) is 0 Å². The zero-order valence-corrected chi connectivity index (χ0v) is 12.7. The Balaban J connectivity index is 1.74. The number of rotatable bonds is 4. The van der Waals surface area contributed by atoms with Crippen molar-refractivity contribution in [1.82, 2.24) is 14.6 Å². The number of carbonyl (C=O) groups excluding carboxylic acids is 1. The maximum Gasteiger partial charge on any atom is 0.266 e. The number of anilines is 1. The normalized spacial score (nSPS) is 11.2. The third-order valence-electron chi connectivity index (χ3n) is 2.99. The molecule has 1 amide bonds. The summed E-state index contributed by atoms with van der Waals surface area (Å²) in [6.45, 7) is 4.34. The molecular formula is C15H16N4OS. The van der Waals surface area contributed by atoms with Crippen LogP contribution in [0.5, 0.6) is 0 Å². The molecule has 0 atom stereocenters. The Morgan fingerprint density at radius 2 is 2.19 bits per heavy atom. The van der Waals surface area contributed by atoms with Gasteiger partial charge >= 0.3 is 0 Å². The summed E-state index contributed by atoms with van der Waals surface area (Å²) in [5, 5.41) is 6.90. The van der Waals surface area contributed by atoms with Crippen molar-refractivity contribution in [1.29, 1.82) is 0 Å². The monoisotopic (exact) mass is 300 g/mol. The number of fused-ring (bicyclic) bond motifs is 1. The van der Waals surface area contributed by atoms with E-state index in [1.165, 1.54) is 16.2 Å². The van der Waals surface area contributed by atoms with Crippen molar-refractivity contribution in [3.05, 3.63) is 46.4 Å². The molecule has 0 unspecified atom stereocenters. The zero-order valence-electron chi connectivity index (χ0n) is 11.9. The average molecular weight is 300 g/mol. The van der Waals surface area contributed by atoms with E-state index in [1.54, 1.807) is 29.0 Å². The number of nitrogens with zero attached hydrogens (tertiary/aromatic N) is 3. The lowest BCUT2D eigenvalue weighted by atomic mass is 10.1. The Morgan fingerprint density at radius 3 is 3.00 bits per heavy atom. The van der Waals surface area contributed by atoms with Gasteiger partial charge in [-0.1, -0.05) is 13.8 Å². The van der Waals surface area contributed by atoms with Gasteiger partial charge in [0, 0.05) is 17.1 Å². The summed E-state index contributed by atoms with van der Waals surface area (Å²) in [5.41, 5.74) is 0.708. The van der Waals surface area contributed by atoms with Crippen molar-refractivity contribution < 1.29 is 4.79 Å². The summed E-state index contributed by atoms with van der Waals surface area (Å²) in [7, 11) is 0. The molecule has 0 saturated carbocycles. The number of hydrogen-bond acceptors (Lipinski definition) is 4. The maximum absolute atomic E-state index is 12.2. The number of nitrogens with one attached hydrogen (secondary N) is 1. The molecule has 0 aliphatic heterocycles. The molecule has 3 aromatic heterocycles. The largest absolute Gasteiger partial charge is 0.306 e. The Morgan fingerprint density at radius 1 is 1.33 bits per heavy atom. The molecule has 0 saturated heterocycles. The van der Waals surface area contributed by atoms with Gasteiger partial charge in [0.25, 0.3) is 5.91 Å². The highest BCUT2D eigenvalue weighted by Gasteiger charge is 2.11. The van der Waals surface area contributed by atoms with Crippen LogP contribution >= 0.6 is 11.3 Å². The fraction of sp³-hybridized carbons (Fsp3) is 0.267. The van der Waals surface area contributed by atoms with Crippen molar-refractivity contribution in [2.24, 2.45) is 5.92 Å². The SMILES string of the molecule is CC(C)Cc1ccc(C(=O)Nc2ccn3nccc3n2)s1. The van der Waals surface area contributed by atoms with Crippen molar-refractivity contribution in [2.45, 2.75) is 20.3 Å². The minimum atomic E-state index is -0.119. The van der Waals surface area contributed by atoms with E-state index in [0.29, 0.717) is 22.3 Å². The Labute approximate surface area is 126 Å². The summed E-state index contributed by atoms with van der Waals surface area (Å²) < 4.78 is 1.65. The van der Waals surface area contributed by atoms with E-state index in [-0.39, 0.29) is 5.91 Å². The lowest BCUT2D eigenvalue weighted by Crippen LogP contribution is -2.11. The molecule has 108 valence electrons. The molecule has 0 aromatic carbocycles. The van der Waals surface area contributed by atoms with E-state index in [9.17, 15) is 4.79 Å². The quantitative estimate of drug-likeness (QED) is 0.804. The molecule has 6 heteroatoms. The van der Waals surface area contributed by atoms with Gasteiger partial charge in [-0.05, 0) is 30.5 Å². The van der Waals surface area contributed by atoms with Crippen molar-refractivity contribution in [2.75, 3.05) is 5.32 Å². The predicted molar refractivity (Wildman–Crippen MR) is 83.8 cm³/mol. The van der Waals surface area contributed by atoms with Crippen LogP contribution in [0.25, 0.3) is 5.65 Å². The number of aromatic nitrogens is 3. The standard InChI is InChI=1S/C15H16N4OS/c1-10(2)9-11-3-4-12(21-11)15(20)18-13-6-8-19-14(17-13)5-7-16-19/h3-8,10H,9H2,1-2H3,(H,17,18,20). The van der Waals surface area contributed by atoms with Crippen molar-refractivity contribution in [3.8, 4) is 0 Å². The van der Waals surface area contributed by atoms with Crippen LogP contribution in [0.2, 0.25) is 0 Å². The fourth-order valence-corrected chi connectivity index (χ4v) is 3.19. The number of hydrogen-bond donors (Lipinski definition) is 1. The van der Waals surface area contributed by atoms with Gasteiger partial charge in [-0.25, -0.2) is 9.50 Å². The lowest BCUT2D eigenvalue weighted by molar-refractivity contribution is 0.103. The number of thiophene rings is 1. The van der Waals surface area contributed by atoms with Gasteiger partial charge in [-0.3, -0.25) is 4.79 Å². The molecular weight excluding hydrogens is 284 g/mol. The van der Waals surface area contributed by atoms with Crippen LogP contribution in [0.4, 0.5) is 5.82 Å². The highest BCUT2D eigenvalue weighted by Crippen LogP contribution is 2.20. The Bertz CT molecular complexity index is 775. The molecule has 0 fully saturated rings. The summed E-state index contributed by atoms with van der Waals surface area (Å²) in [6, 6.07) is 7.42. The van der Waals surface area contributed by atoms with Gasteiger partial charge in [0.15, 0.2) is 5.65 Å². The molecule has 21 heavy (non-hydrogen) atoms. The maximum atomic E-state index is 12.2. The summed E-state index contributed by atoms with van der Waals surface area (Å²) in [5.74, 6) is 1.00. The Kier molecular flexibility index (Phi) is 3.70. The van der Waals surface area contributed by atoms with Gasteiger partial charge in [0.05, 0.1) is 11.1 Å². The Hall–Kier alpha value is -2.21. The topological polar surface area (TPSA) is 59.3 Å². The van der Waals surface area contributed by atoms with E-state index in [1.807, 2.05) is 12.1 Å². The van der Waals surface area contributed by atoms with E-state index in [0.717, 1.165) is 6.42 Å². The molecule has 5 nitrogen and oxygen atoms in total. The summed E-state index contributed by atoms with van der Waals surface area (Å²) in [4.78, 5) is 18.5. The second-order valence-corrected chi connectivity index (χ2v) is 6.43. The first-order valence-electron chi connectivity index (χ1n) is 6.82. The first-order chi connectivity index (χ1) is 10.1. The minimum Gasteiger partial charge on any atom is -0.306 e. The molecule has 0 aliphatic carbocycles. The molecule has 0 spiro atoms. The van der Waals surface area contributed by atoms with Crippen LogP contribution in [-0.2, 0) is 6.42 Å². The third kappa shape index (κ3) is 3.11. The summed E-state index contributed by atoms with van der Waals surface area (Å²) >= 11 is 1.54.